The number of hydrogen-bond acceptors (Lipinski definition) is 3. The van der Waals surface area contributed by atoms with Crippen molar-refractivity contribution in [2.45, 2.75) is 18.6 Å². The number of benzene rings is 1. The topological polar surface area (TPSA) is 75.3 Å². The molecule has 0 heterocycles. The molecular weight excluding hydrogens is 283 g/mol. The zero-order valence-corrected chi connectivity index (χ0v) is 11.7. The van der Waals surface area contributed by atoms with Gasteiger partial charge in [0, 0.05) is 19.0 Å². The van der Waals surface area contributed by atoms with Crippen LogP contribution in [0.1, 0.15) is 18.4 Å². The van der Waals surface area contributed by atoms with Gasteiger partial charge in [0.15, 0.2) is 0 Å². The van der Waals surface area contributed by atoms with Crippen molar-refractivity contribution in [2.75, 3.05) is 13.1 Å². The van der Waals surface area contributed by atoms with Gasteiger partial charge >= 0.3 is 0 Å². The predicted molar refractivity (Wildman–Crippen MR) is 72.8 cm³/mol. The third kappa shape index (κ3) is 4.90. The van der Waals surface area contributed by atoms with Gasteiger partial charge in [0.25, 0.3) is 0 Å². The summed E-state index contributed by atoms with van der Waals surface area (Å²) in [6.07, 6.45) is 1.84. The lowest BCUT2D eigenvalue weighted by molar-refractivity contribution is -0.122. The van der Waals surface area contributed by atoms with E-state index in [-0.39, 0.29) is 30.7 Å². The Balaban J connectivity index is 1.73. The maximum absolute atomic E-state index is 12.7. The van der Waals surface area contributed by atoms with Crippen molar-refractivity contribution in [1.29, 1.82) is 0 Å². The highest BCUT2D eigenvalue weighted by Gasteiger charge is 2.29. The first-order valence-electron chi connectivity index (χ1n) is 6.46. The van der Waals surface area contributed by atoms with E-state index in [2.05, 4.69) is 10.0 Å². The average molecular weight is 300 g/mol. The van der Waals surface area contributed by atoms with E-state index < -0.39 is 15.8 Å². The third-order valence-electron chi connectivity index (χ3n) is 2.96. The highest BCUT2D eigenvalue weighted by atomic mass is 32.2. The number of halogens is 1. The second-order valence-corrected chi connectivity index (χ2v) is 6.65. The van der Waals surface area contributed by atoms with E-state index in [1.807, 2.05) is 0 Å². The van der Waals surface area contributed by atoms with Crippen molar-refractivity contribution in [3.63, 3.8) is 0 Å². The van der Waals surface area contributed by atoms with Crippen molar-refractivity contribution >= 4 is 15.9 Å². The first kappa shape index (κ1) is 14.9. The zero-order valence-electron chi connectivity index (χ0n) is 10.9. The van der Waals surface area contributed by atoms with Gasteiger partial charge in [-0.2, -0.15) is 0 Å². The van der Waals surface area contributed by atoms with Gasteiger partial charge in [0.1, 0.15) is 5.82 Å². The van der Waals surface area contributed by atoms with Gasteiger partial charge in [0.05, 0.1) is 5.75 Å². The molecule has 1 aromatic carbocycles. The summed E-state index contributed by atoms with van der Waals surface area (Å²) in [4.78, 5) is 11.3. The summed E-state index contributed by atoms with van der Waals surface area (Å²) < 4.78 is 38.6. The minimum atomic E-state index is -3.47. The number of rotatable bonds is 7. The number of hydrogen-bond donors (Lipinski definition) is 2. The summed E-state index contributed by atoms with van der Waals surface area (Å²) in [5.41, 5.74) is 0.515. The maximum Gasteiger partial charge on any atom is 0.223 e. The average Bonchev–Trinajstić information content (AvgIpc) is 3.21. The predicted octanol–water partition coefficient (Wildman–Crippen LogP) is 0.771. The third-order valence-corrected chi connectivity index (χ3v) is 4.32. The first-order valence-corrected chi connectivity index (χ1v) is 8.11. The van der Waals surface area contributed by atoms with Crippen LogP contribution in [0, 0.1) is 11.7 Å². The summed E-state index contributed by atoms with van der Waals surface area (Å²) in [5.74, 6) is -0.500. The molecule has 1 aliphatic rings. The Bertz CT molecular complexity index is 568. The van der Waals surface area contributed by atoms with Gasteiger partial charge in [-0.15, -0.1) is 0 Å². The molecule has 0 atom stereocenters. The van der Waals surface area contributed by atoms with E-state index in [1.165, 1.54) is 24.3 Å². The molecule has 0 bridgehead atoms. The molecule has 1 aromatic rings. The summed E-state index contributed by atoms with van der Waals surface area (Å²) >= 11 is 0. The fourth-order valence-corrected chi connectivity index (χ4v) is 2.88. The lowest BCUT2D eigenvalue weighted by atomic mass is 10.2. The van der Waals surface area contributed by atoms with Crippen molar-refractivity contribution in [3.05, 3.63) is 35.6 Å². The first-order chi connectivity index (χ1) is 9.46. The summed E-state index contributed by atoms with van der Waals surface area (Å²) in [7, 11) is -3.47. The summed E-state index contributed by atoms with van der Waals surface area (Å²) in [6, 6.07) is 5.31. The van der Waals surface area contributed by atoms with Gasteiger partial charge in [-0.1, -0.05) is 12.1 Å². The summed E-state index contributed by atoms with van der Waals surface area (Å²) in [5, 5.41) is 2.67. The van der Waals surface area contributed by atoms with Gasteiger partial charge in [0.2, 0.25) is 15.9 Å². The molecule has 0 spiro atoms. The number of sulfonamides is 1. The number of carbonyl (C=O) groups excluding carboxylic acids is 1. The van der Waals surface area contributed by atoms with Gasteiger partial charge in [-0.3, -0.25) is 4.79 Å². The number of carbonyl (C=O) groups is 1. The molecule has 1 saturated carbocycles. The Kier molecular flexibility index (Phi) is 4.72. The molecule has 110 valence electrons. The number of nitrogens with one attached hydrogen (secondary N) is 2. The van der Waals surface area contributed by atoms with E-state index in [0.29, 0.717) is 5.56 Å². The number of amides is 1. The molecule has 1 fully saturated rings. The van der Waals surface area contributed by atoms with Crippen LogP contribution in [0.5, 0.6) is 0 Å². The Morgan fingerprint density at radius 1 is 1.20 bits per heavy atom. The molecular formula is C13H17FN2O3S. The molecule has 0 aromatic heterocycles. The van der Waals surface area contributed by atoms with Crippen molar-refractivity contribution in [3.8, 4) is 0 Å². The normalized spacial score (nSPS) is 15.1. The second kappa shape index (κ2) is 6.32. The maximum atomic E-state index is 12.7. The van der Waals surface area contributed by atoms with Crippen LogP contribution >= 0.6 is 0 Å². The fourth-order valence-electron chi connectivity index (χ4n) is 1.73. The zero-order chi connectivity index (χ0) is 14.6. The Morgan fingerprint density at radius 2 is 1.85 bits per heavy atom. The SMILES string of the molecule is O=C(NCCNS(=O)(=O)Cc1ccc(F)cc1)C1CC1. The smallest absolute Gasteiger partial charge is 0.223 e. The molecule has 2 N–H and O–H groups in total. The van der Waals surface area contributed by atoms with E-state index in [0.717, 1.165) is 12.8 Å². The van der Waals surface area contributed by atoms with Crippen molar-refractivity contribution in [2.24, 2.45) is 5.92 Å². The monoisotopic (exact) mass is 300 g/mol. The molecule has 7 heteroatoms. The van der Waals surface area contributed by atoms with Crippen molar-refractivity contribution < 1.29 is 17.6 Å². The molecule has 5 nitrogen and oxygen atoms in total. The van der Waals surface area contributed by atoms with Crippen molar-refractivity contribution in [1.82, 2.24) is 10.0 Å². The second-order valence-electron chi connectivity index (χ2n) is 4.85. The van der Waals surface area contributed by atoms with Crippen LogP contribution in [0.25, 0.3) is 0 Å². The molecule has 0 saturated heterocycles. The Hall–Kier alpha value is -1.47. The quantitative estimate of drug-likeness (QED) is 0.730. The molecule has 0 unspecified atom stereocenters. The molecule has 0 radical (unpaired) electrons. The van der Waals surface area contributed by atoms with Crippen LogP contribution in [0.4, 0.5) is 4.39 Å². The Morgan fingerprint density at radius 3 is 2.45 bits per heavy atom. The lowest BCUT2D eigenvalue weighted by Crippen LogP contribution is -2.35. The minimum Gasteiger partial charge on any atom is -0.355 e. The van der Waals surface area contributed by atoms with E-state index in [4.69, 9.17) is 0 Å². The van der Waals surface area contributed by atoms with E-state index >= 15 is 0 Å². The van der Waals surface area contributed by atoms with E-state index in [1.54, 1.807) is 0 Å². The van der Waals surface area contributed by atoms with Crippen LogP contribution in [0.2, 0.25) is 0 Å². The van der Waals surface area contributed by atoms with Crippen LogP contribution in [-0.4, -0.2) is 27.4 Å². The van der Waals surface area contributed by atoms with Gasteiger partial charge in [-0.05, 0) is 30.5 Å². The van der Waals surface area contributed by atoms with E-state index in [9.17, 15) is 17.6 Å². The Labute approximate surface area is 117 Å². The standard InChI is InChI=1S/C13H17FN2O3S/c14-12-5-1-10(2-6-12)9-20(18,19)16-8-7-15-13(17)11-3-4-11/h1-2,5-6,11,16H,3-4,7-9H2,(H,15,17). The molecule has 1 amide bonds. The fraction of sp³-hybridized carbons (Fsp3) is 0.462. The van der Waals surface area contributed by atoms with Gasteiger partial charge in [-0.25, -0.2) is 17.5 Å². The lowest BCUT2D eigenvalue weighted by Gasteiger charge is -2.08. The molecule has 0 aliphatic heterocycles. The molecule has 20 heavy (non-hydrogen) atoms. The van der Waals surface area contributed by atoms with Crippen LogP contribution in [0.3, 0.4) is 0 Å². The molecule has 2 rings (SSSR count). The van der Waals surface area contributed by atoms with Gasteiger partial charge < -0.3 is 5.32 Å². The summed E-state index contributed by atoms with van der Waals surface area (Å²) in [6.45, 7) is 0.431. The van der Waals surface area contributed by atoms with Crippen LogP contribution in [0.15, 0.2) is 24.3 Å². The largest absolute Gasteiger partial charge is 0.355 e. The van der Waals surface area contributed by atoms with Crippen LogP contribution < -0.4 is 10.0 Å². The minimum absolute atomic E-state index is 0.0114. The highest BCUT2D eigenvalue weighted by Crippen LogP contribution is 2.28. The molecule has 1 aliphatic carbocycles. The highest BCUT2D eigenvalue weighted by molar-refractivity contribution is 7.88. The van der Waals surface area contributed by atoms with Crippen LogP contribution in [-0.2, 0) is 20.6 Å².